The van der Waals surface area contributed by atoms with Gasteiger partial charge in [0.05, 0.1) is 11.6 Å². The van der Waals surface area contributed by atoms with E-state index in [2.05, 4.69) is 36.5 Å². The third-order valence-electron chi connectivity index (χ3n) is 3.30. The molecule has 130 valence electrons. The summed E-state index contributed by atoms with van der Waals surface area (Å²) in [5.41, 5.74) is 2.21. The first-order valence-electron chi connectivity index (χ1n) is 7.39. The van der Waals surface area contributed by atoms with Gasteiger partial charge in [0.1, 0.15) is 5.75 Å². The molecular weight excluding hydrogens is 483 g/mol. The molecule has 0 saturated carbocycles. The lowest BCUT2D eigenvalue weighted by Gasteiger charge is -2.12. The van der Waals surface area contributed by atoms with Crippen LogP contribution >= 0.6 is 39.9 Å². The first-order chi connectivity index (χ1) is 11.2. The Kier molecular flexibility index (Phi) is 9.70. The highest BCUT2D eigenvalue weighted by Gasteiger charge is 2.03. The predicted molar refractivity (Wildman–Crippen MR) is 112 cm³/mol. The van der Waals surface area contributed by atoms with Crippen LogP contribution in [0.5, 0.6) is 5.75 Å². The molecule has 1 aromatic heterocycles. The Morgan fingerprint density at radius 3 is 2.71 bits per heavy atom. The minimum absolute atomic E-state index is 0. The number of halogens is 2. The van der Waals surface area contributed by atoms with Crippen molar-refractivity contribution in [2.75, 3.05) is 20.7 Å². The minimum Gasteiger partial charge on any atom is -0.496 e. The zero-order valence-corrected chi connectivity index (χ0v) is 17.7. The topological polar surface area (TPSA) is 58.5 Å². The highest BCUT2D eigenvalue weighted by Crippen LogP contribution is 2.25. The minimum atomic E-state index is 0. The maximum atomic E-state index is 5.23. The molecule has 5 nitrogen and oxygen atoms in total. The van der Waals surface area contributed by atoms with Gasteiger partial charge in [0.15, 0.2) is 5.96 Å². The fourth-order valence-corrected chi connectivity index (χ4v) is 2.67. The molecule has 2 N–H and O–H groups in total. The Bertz CT molecular complexity index is 652. The van der Waals surface area contributed by atoms with Gasteiger partial charge in [0, 0.05) is 38.4 Å². The number of guanidine groups is 1. The van der Waals surface area contributed by atoms with E-state index >= 15 is 0 Å². The highest BCUT2D eigenvalue weighted by molar-refractivity contribution is 14.0. The lowest BCUT2D eigenvalue weighted by atomic mass is 10.2. The van der Waals surface area contributed by atoms with Gasteiger partial charge in [-0.2, -0.15) is 0 Å². The molecule has 2 aromatic rings. The molecule has 24 heavy (non-hydrogen) atoms. The van der Waals surface area contributed by atoms with Gasteiger partial charge in [-0.05, 0) is 45.8 Å². The molecule has 0 unspecified atom stereocenters. The summed E-state index contributed by atoms with van der Waals surface area (Å²) in [6.07, 6.45) is 2.67. The van der Waals surface area contributed by atoms with Crippen molar-refractivity contribution in [2.45, 2.75) is 13.0 Å². The molecule has 0 saturated heterocycles. The predicted octanol–water partition coefficient (Wildman–Crippen LogP) is 3.38. The van der Waals surface area contributed by atoms with E-state index < -0.39 is 0 Å². The molecule has 0 aliphatic carbocycles. The van der Waals surface area contributed by atoms with E-state index in [-0.39, 0.29) is 24.0 Å². The smallest absolute Gasteiger partial charge is 0.191 e. The number of benzene rings is 1. The molecule has 1 aromatic carbocycles. The Morgan fingerprint density at radius 2 is 2.08 bits per heavy atom. The summed E-state index contributed by atoms with van der Waals surface area (Å²) < 4.78 is 6.17. The number of nitrogens with one attached hydrogen (secondary N) is 2. The fourth-order valence-electron chi connectivity index (χ4n) is 2.08. The zero-order chi connectivity index (χ0) is 16.5. The largest absolute Gasteiger partial charge is 0.496 e. The summed E-state index contributed by atoms with van der Waals surface area (Å²) in [5, 5.41) is 6.58. The first-order valence-corrected chi connectivity index (χ1v) is 8.19. The normalized spacial score (nSPS) is 10.7. The zero-order valence-electron chi connectivity index (χ0n) is 13.8. The van der Waals surface area contributed by atoms with E-state index in [0.717, 1.165) is 40.4 Å². The van der Waals surface area contributed by atoms with Gasteiger partial charge in [-0.3, -0.25) is 9.98 Å². The van der Waals surface area contributed by atoms with Crippen molar-refractivity contribution in [1.29, 1.82) is 0 Å². The molecule has 0 atom stereocenters. The standard InChI is InChI=1S/C17H21BrN4O.HI/c1-19-17(21-10-8-14-5-3-4-9-20-14)22-12-13-6-7-16(23-2)15(18)11-13;/h3-7,9,11H,8,10,12H2,1-2H3,(H2,19,21,22);1H. The van der Waals surface area contributed by atoms with Crippen LogP contribution < -0.4 is 15.4 Å². The van der Waals surface area contributed by atoms with Crippen molar-refractivity contribution in [1.82, 2.24) is 15.6 Å². The van der Waals surface area contributed by atoms with E-state index in [0.29, 0.717) is 6.54 Å². The van der Waals surface area contributed by atoms with Crippen LogP contribution in [0.3, 0.4) is 0 Å². The van der Waals surface area contributed by atoms with Crippen LogP contribution in [0.4, 0.5) is 0 Å². The van der Waals surface area contributed by atoms with Gasteiger partial charge in [0.25, 0.3) is 0 Å². The number of methoxy groups -OCH3 is 1. The number of rotatable bonds is 6. The van der Waals surface area contributed by atoms with Crippen LogP contribution in [0.15, 0.2) is 52.1 Å². The van der Waals surface area contributed by atoms with E-state index in [1.54, 1.807) is 14.2 Å². The van der Waals surface area contributed by atoms with Crippen LogP contribution in [0.1, 0.15) is 11.3 Å². The Labute approximate surface area is 168 Å². The third kappa shape index (κ3) is 6.64. The van der Waals surface area contributed by atoms with Gasteiger partial charge in [-0.25, -0.2) is 0 Å². The molecule has 0 spiro atoms. The van der Waals surface area contributed by atoms with Crippen molar-refractivity contribution in [3.8, 4) is 5.75 Å². The fraction of sp³-hybridized carbons (Fsp3) is 0.294. The highest BCUT2D eigenvalue weighted by atomic mass is 127. The van der Waals surface area contributed by atoms with Crippen molar-refractivity contribution in [3.05, 3.63) is 58.3 Å². The average Bonchev–Trinajstić information content (AvgIpc) is 2.59. The monoisotopic (exact) mass is 504 g/mol. The molecular formula is C17H22BrIN4O. The van der Waals surface area contributed by atoms with E-state index in [4.69, 9.17) is 4.74 Å². The van der Waals surface area contributed by atoms with Crippen LogP contribution in [-0.2, 0) is 13.0 Å². The van der Waals surface area contributed by atoms with E-state index in [9.17, 15) is 0 Å². The van der Waals surface area contributed by atoms with Gasteiger partial charge in [-0.15, -0.1) is 24.0 Å². The van der Waals surface area contributed by atoms with Gasteiger partial charge in [-0.1, -0.05) is 12.1 Å². The van der Waals surface area contributed by atoms with Crippen molar-refractivity contribution >= 4 is 45.9 Å². The van der Waals surface area contributed by atoms with Crippen LogP contribution in [0, 0.1) is 0 Å². The first kappa shape index (κ1) is 20.7. The lowest BCUT2D eigenvalue weighted by molar-refractivity contribution is 0.412. The lowest BCUT2D eigenvalue weighted by Crippen LogP contribution is -2.37. The number of pyridine rings is 1. The van der Waals surface area contributed by atoms with E-state index in [1.807, 2.05) is 42.6 Å². The molecule has 0 bridgehead atoms. The van der Waals surface area contributed by atoms with Gasteiger partial charge >= 0.3 is 0 Å². The van der Waals surface area contributed by atoms with Crippen molar-refractivity contribution < 1.29 is 4.74 Å². The third-order valence-corrected chi connectivity index (χ3v) is 3.92. The molecule has 0 fully saturated rings. The molecule has 0 radical (unpaired) electrons. The van der Waals surface area contributed by atoms with E-state index in [1.165, 1.54) is 0 Å². The summed E-state index contributed by atoms with van der Waals surface area (Å²) in [6.45, 7) is 1.47. The van der Waals surface area contributed by atoms with Crippen LogP contribution in [0.2, 0.25) is 0 Å². The maximum absolute atomic E-state index is 5.23. The van der Waals surface area contributed by atoms with Crippen molar-refractivity contribution in [3.63, 3.8) is 0 Å². The number of hydrogen-bond donors (Lipinski definition) is 2. The molecule has 7 heteroatoms. The van der Waals surface area contributed by atoms with Gasteiger partial charge in [0.2, 0.25) is 0 Å². The quantitative estimate of drug-likeness (QED) is 0.359. The summed E-state index contributed by atoms with van der Waals surface area (Å²) in [4.78, 5) is 8.53. The van der Waals surface area contributed by atoms with Crippen LogP contribution in [-0.4, -0.2) is 31.6 Å². The molecule has 0 aliphatic heterocycles. The summed E-state index contributed by atoms with van der Waals surface area (Å²) in [6, 6.07) is 11.9. The summed E-state index contributed by atoms with van der Waals surface area (Å²) >= 11 is 3.49. The van der Waals surface area contributed by atoms with Gasteiger partial charge < -0.3 is 15.4 Å². The second-order valence-electron chi connectivity index (χ2n) is 4.89. The molecule has 0 amide bonds. The number of nitrogens with zero attached hydrogens (tertiary/aromatic N) is 2. The number of ether oxygens (including phenoxy) is 1. The summed E-state index contributed by atoms with van der Waals surface area (Å²) in [7, 11) is 3.42. The summed E-state index contributed by atoms with van der Waals surface area (Å²) in [5.74, 6) is 1.60. The second-order valence-corrected chi connectivity index (χ2v) is 5.75. The van der Waals surface area contributed by atoms with Crippen molar-refractivity contribution in [2.24, 2.45) is 4.99 Å². The average molecular weight is 505 g/mol. The number of aromatic nitrogens is 1. The molecule has 1 heterocycles. The number of hydrogen-bond acceptors (Lipinski definition) is 3. The Morgan fingerprint density at radius 1 is 1.25 bits per heavy atom. The molecule has 2 rings (SSSR count). The number of aliphatic imine (C=N–C) groups is 1. The Hall–Kier alpha value is -1.35. The molecule has 0 aliphatic rings. The maximum Gasteiger partial charge on any atom is 0.191 e. The Balaban J connectivity index is 0.00000288. The van der Waals surface area contributed by atoms with Crippen LogP contribution in [0.25, 0.3) is 0 Å². The SMILES string of the molecule is CN=C(NCCc1ccccn1)NCc1ccc(OC)c(Br)c1.I. The second kappa shape index (κ2) is 11.2.